The van der Waals surface area contributed by atoms with Crippen LogP contribution >= 0.6 is 0 Å². The quantitative estimate of drug-likeness (QED) is 0.399. The van der Waals surface area contributed by atoms with Gasteiger partial charge >= 0.3 is 0 Å². The molecule has 0 atom stereocenters. The van der Waals surface area contributed by atoms with E-state index in [-0.39, 0.29) is 0 Å². The minimum Gasteiger partial charge on any atom is -0.345 e. The van der Waals surface area contributed by atoms with Crippen molar-refractivity contribution in [2.75, 3.05) is 13.1 Å². The van der Waals surface area contributed by atoms with Crippen LogP contribution in [0.15, 0.2) is 0 Å². The minimum atomic E-state index is 0.945. The van der Waals surface area contributed by atoms with Gasteiger partial charge in [-0.3, -0.25) is 4.79 Å². The summed E-state index contributed by atoms with van der Waals surface area (Å²) in [6.07, 6.45) is 8.22. The molecule has 0 aliphatic rings. The van der Waals surface area contributed by atoms with Crippen LogP contribution in [0, 0.1) is 0 Å². The molecular weight excluding hydrogens is 162 g/mol. The molecule has 0 aliphatic heterocycles. The van der Waals surface area contributed by atoms with E-state index >= 15 is 0 Å². The van der Waals surface area contributed by atoms with Gasteiger partial charge in [-0.15, -0.1) is 0 Å². The van der Waals surface area contributed by atoms with Crippen molar-refractivity contribution in [3.05, 3.63) is 0 Å². The standard InChI is InChI=1S/C11H23NO/c1-3-5-7-9-12(11-13)10-8-6-4-2/h11H,3-10H2,1-2H3. The molecule has 0 fully saturated rings. The van der Waals surface area contributed by atoms with Crippen molar-refractivity contribution in [2.24, 2.45) is 0 Å². The van der Waals surface area contributed by atoms with Crippen LogP contribution in [0.5, 0.6) is 0 Å². The molecule has 1 amide bonds. The summed E-state index contributed by atoms with van der Waals surface area (Å²) < 4.78 is 0. The van der Waals surface area contributed by atoms with E-state index in [9.17, 15) is 4.79 Å². The second kappa shape index (κ2) is 9.56. The highest BCUT2D eigenvalue weighted by molar-refractivity contribution is 5.46. The lowest BCUT2D eigenvalue weighted by Gasteiger charge is -2.16. The van der Waals surface area contributed by atoms with Crippen molar-refractivity contribution in [2.45, 2.75) is 52.4 Å². The summed E-state index contributed by atoms with van der Waals surface area (Å²) in [4.78, 5) is 12.5. The van der Waals surface area contributed by atoms with Gasteiger partial charge in [0.05, 0.1) is 0 Å². The summed E-state index contributed by atoms with van der Waals surface area (Å²) in [7, 11) is 0. The molecule has 78 valence electrons. The van der Waals surface area contributed by atoms with Crippen LogP contribution < -0.4 is 0 Å². The minimum absolute atomic E-state index is 0.945. The van der Waals surface area contributed by atoms with Crippen molar-refractivity contribution in [1.82, 2.24) is 4.90 Å². The highest BCUT2D eigenvalue weighted by Gasteiger charge is 1.99. The Kier molecular flexibility index (Phi) is 9.17. The third-order valence-electron chi connectivity index (χ3n) is 2.25. The Morgan fingerprint density at radius 3 is 1.69 bits per heavy atom. The Balaban J connectivity index is 3.34. The van der Waals surface area contributed by atoms with Crippen LogP contribution in [-0.4, -0.2) is 24.4 Å². The molecule has 0 aliphatic carbocycles. The maximum atomic E-state index is 10.6. The predicted molar refractivity (Wildman–Crippen MR) is 56.7 cm³/mol. The first kappa shape index (κ1) is 12.5. The monoisotopic (exact) mass is 185 g/mol. The summed E-state index contributed by atoms with van der Waals surface area (Å²) in [6.45, 7) is 6.26. The van der Waals surface area contributed by atoms with Crippen molar-refractivity contribution in [1.29, 1.82) is 0 Å². The lowest BCUT2D eigenvalue weighted by Crippen LogP contribution is -2.24. The maximum absolute atomic E-state index is 10.6. The molecule has 0 rings (SSSR count). The molecular formula is C11H23NO. The van der Waals surface area contributed by atoms with Gasteiger partial charge in [0, 0.05) is 13.1 Å². The predicted octanol–water partition coefficient (Wildman–Crippen LogP) is 2.83. The zero-order chi connectivity index (χ0) is 9.94. The first-order chi connectivity index (χ1) is 6.35. The van der Waals surface area contributed by atoms with E-state index in [0.717, 1.165) is 32.3 Å². The zero-order valence-electron chi connectivity index (χ0n) is 9.09. The van der Waals surface area contributed by atoms with Gasteiger partial charge in [0.1, 0.15) is 0 Å². The number of hydrogen-bond acceptors (Lipinski definition) is 1. The smallest absolute Gasteiger partial charge is 0.209 e. The molecule has 0 aromatic carbocycles. The molecule has 0 N–H and O–H groups in total. The van der Waals surface area contributed by atoms with E-state index in [0.29, 0.717) is 0 Å². The van der Waals surface area contributed by atoms with Gasteiger partial charge in [-0.1, -0.05) is 39.5 Å². The van der Waals surface area contributed by atoms with Crippen molar-refractivity contribution >= 4 is 6.41 Å². The average molecular weight is 185 g/mol. The molecule has 2 nitrogen and oxygen atoms in total. The average Bonchev–Trinajstić information content (AvgIpc) is 2.16. The van der Waals surface area contributed by atoms with Crippen LogP contribution in [0.4, 0.5) is 0 Å². The van der Waals surface area contributed by atoms with Gasteiger partial charge in [0.15, 0.2) is 0 Å². The van der Waals surface area contributed by atoms with Crippen LogP contribution in [0.25, 0.3) is 0 Å². The molecule has 0 radical (unpaired) electrons. The van der Waals surface area contributed by atoms with E-state index in [1.54, 1.807) is 0 Å². The summed E-state index contributed by atoms with van der Waals surface area (Å²) in [5.41, 5.74) is 0. The lowest BCUT2D eigenvalue weighted by molar-refractivity contribution is -0.118. The Labute approximate surface area is 82.3 Å². The van der Waals surface area contributed by atoms with Crippen molar-refractivity contribution in [3.8, 4) is 0 Å². The van der Waals surface area contributed by atoms with Gasteiger partial charge in [-0.05, 0) is 12.8 Å². The van der Waals surface area contributed by atoms with Gasteiger partial charge in [-0.25, -0.2) is 0 Å². The fourth-order valence-corrected chi connectivity index (χ4v) is 1.35. The normalized spacial score (nSPS) is 10.0. The van der Waals surface area contributed by atoms with E-state index in [4.69, 9.17) is 0 Å². The SMILES string of the molecule is CCCCCN(C=O)CCCCC. The van der Waals surface area contributed by atoms with Crippen molar-refractivity contribution < 1.29 is 4.79 Å². The Bertz CT molecular complexity index is 105. The highest BCUT2D eigenvalue weighted by Crippen LogP contribution is 2.00. The molecule has 0 aromatic rings. The Morgan fingerprint density at radius 2 is 1.38 bits per heavy atom. The number of amides is 1. The van der Waals surface area contributed by atoms with Crippen LogP contribution in [0.1, 0.15) is 52.4 Å². The fourth-order valence-electron chi connectivity index (χ4n) is 1.35. The summed E-state index contributed by atoms with van der Waals surface area (Å²) in [5.74, 6) is 0. The second-order valence-corrected chi connectivity index (χ2v) is 3.56. The number of rotatable bonds is 9. The number of carbonyl (C=O) groups is 1. The summed E-state index contributed by atoms with van der Waals surface area (Å²) in [5, 5.41) is 0. The Hall–Kier alpha value is -0.530. The summed E-state index contributed by atoms with van der Waals surface area (Å²) in [6, 6.07) is 0. The van der Waals surface area contributed by atoms with E-state index in [1.165, 1.54) is 25.7 Å². The van der Waals surface area contributed by atoms with Crippen LogP contribution in [0.3, 0.4) is 0 Å². The fraction of sp³-hybridized carbons (Fsp3) is 0.909. The first-order valence-corrected chi connectivity index (χ1v) is 5.54. The van der Waals surface area contributed by atoms with Gasteiger partial charge in [0.25, 0.3) is 0 Å². The Morgan fingerprint density at radius 1 is 0.923 bits per heavy atom. The van der Waals surface area contributed by atoms with Gasteiger partial charge in [0.2, 0.25) is 6.41 Å². The lowest BCUT2D eigenvalue weighted by atomic mass is 10.2. The number of nitrogens with zero attached hydrogens (tertiary/aromatic N) is 1. The summed E-state index contributed by atoms with van der Waals surface area (Å²) >= 11 is 0. The molecule has 0 saturated carbocycles. The number of hydrogen-bond donors (Lipinski definition) is 0. The number of carbonyl (C=O) groups excluding carboxylic acids is 1. The molecule has 0 aromatic heterocycles. The molecule has 0 bridgehead atoms. The second-order valence-electron chi connectivity index (χ2n) is 3.56. The van der Waals surface area contributed by atoms with Gasteiger partial charge in [-0.2, -0.15) is 0 Å². The highest BCUT2D eigenvalue weighted by atomic mass is 16.1. The first-order valence-electron chi connectivity index (χ1n) is 5.54. The molecule has 2 heteroatoms. The molecule has 13 heavy (non-hydrogen) atoms. The van der Waals surface area contributed by atoms with E-state index in [1.807, 2.05) is 4.90 Å². The topological polar surface area (TPSA) is 20.3 Å². The molecule has 0 heterocycles. The third kappa shape index (κ3) is 7.82. The van der Waals surface area contributed by atoms with Crippen LogP contribution in [-0.2, 0) is 4.79 Å². The zero-order valence-corrected chi connectivity index (χ0v) is 9.09. The molecule has 0 spiro atoms. The van der Waals surface area contributed by atoms with E-state index < -0.39 is 0 Å². The van der Waals surface area contributed by atoms with Gasteiger partial charge < -0.3 is 4.90 Å². The third-order valence-corrected chi connectivity index (χ3v) is 2.25. The van der Waals surface area contributed by atoms with E-state index in [2.05, 4.69) is 13.8 Å². The van der Waals surface area contributed by atoms with Crippen LogP contribution in [0.2, 0.25) is 0 Å². The maximum Gasteiger partial charge on any atom is 0.209 e. The molecule has 0 saturated heterocycles. The molecule has 0 unspecified atom stereocenters. The van der Waals surface area contributed by atoms with Crippen molar-refractivity contribution in [3.63, 3.8) is 0 Å². The number of unbranched alkanes of at least 4 members (excludes halogenated alkanes) is 4. The largest absolute Gasteiger partial charge is 0.345 e.